The Kier molecular flexibility index (Phi) is 6.14. The monoisotopic (exact) mass is 251 g/mol. The highest BCUT2D eigenvalue weighted by molar-refractivity contribution is 5.94. The minimum absolute atomic E-state index is 0.180. The van der Waals surface area contributed by atoms with Gasteiger partial charge in [-0.15, -0.1) is 0 Å². The maximum absolute atomic E-state index is 11.8. The number of carbonyl (C=O) groups excluding carboxylic acids is 1. The lowest BCUT2D eigenvalue weighted by Gasteiger charge is -2.06. The molecule has 0 aromatic carbocycles. The predicted octanol–water partition coefficient (Wildman–Crippen LogP) is 0.667. The summed E-state index contributed by atoms with van der Waals surface area (Å²) >= 11 is 0. The smallest absolute Gasteiger partial charge is 0.251 e. The number of aryl methyl sites for hydroxylation is 1. The Morgan fingerprint density at radius 1 is 1.28 bits per heavy atom. The summed E-state index contributed by atoms with van der Waals surface area (Å²) in [6.07, 6.45) is 2.65. The third-order valence-corrected chi connectivity index (χ3v) is 2.68. The normalized spacial score (nSPS) is 10.3. The van der Waals surface area contributed by atoms with Gasteiger partial charge in [0.1, 0.15) is 0 Å². The fourth-order valence-corrected chi connectivity index (χ4v) is 1.65. The molecule has 3 N–H and O–H groups in total. The molecule has 100 valence electrons. The van der Waals surface area contributed by atoms with Crippen molar-refractivity contribution in [1.29, 1.82) is 0 Å². The Bertz CT molecular complexity index is 440. The van der Waals surface area contributed by atoms with E-state index in [4.69, 9.17) is 0 Å². The number of pyridine rings is 1. The Hall–Kier alpha value is -1.62. The lowest BCUT2D eigenvalue weighted by atomic mass is 10.2. The second-order valence-corrected chi connectivity index (χ2v) is 4.18. The van der Waals surface area contributed by atoms with Crippen LogP contribution in [0.1, 0.15) is 35.8 Å². The van der Waals surface area contributed by atoms with Crippen LogP contribution in [0.4, 0.5) is 0 Å². The molecule has 1 aromatic heterocycles. The number of nitrogens with one attached hydrogen (secondary N) is 3. The van der Waals surface area contributed by atoms with Gasteiger partial charge in [0.05, 0.1) is 0 Å². The molecule has 1 amide bonds. The highest BCUT2D eigenvalue weighted by Gasteiger charge is 2.06. The van der Waals surface area contributed by atoms with Gasteiger partial charge in [0.15, 0.2) is 0 Å². The molecule has 0 aliphatic rings. The van der Waals surface area contributed by atoms with E-state index in [2.05, 4.69) is 15.6 Å². The van der Waals surface area contributed by atoms with Gasteiger partial charge in [-0.25, -0.2) is 0 Å². The molecule has 0 spiro atoms. The summed E-state index contributed by atoms with van der Waals surface area (Å²) in [5.41, 5.74) is 0.988. The highest BCUT2D eigenvalue weighted by atomic mass is 16.2. The molecule has 18 heavy (non-hydrogen) atoms. The summed E-state index contributed by atoms with van der Waals surface area (Å²) in [5, 5.41) is 5.87. The highest BCUT2D eigenvalue weighted by Crippen LogP contribution is 1.99. The molecule has 5 heteroatoms. The summed E-state index contributed by atoms with van der Waals surface area (Å²) in [5.74, 6) is -0.180. The third-order valence-electron chi connectivity index (χ3n) is 2.68. The summed E-state index contributed by atoms with van der Waals surface area (Å²) in [6.45, 7) is 3.51. The molecular formula is C13H21N3O2. The topological polar surface area (TPSA) is 74.0 Å². The van der Waals surface area contributed by atoms with Crippen molar-refractivity contribution in [1.82, 2.24) is 15.6 Å². The fourth-order valence-electron chi connectivity index (χ4n) is 1.65. The molecule has 0 unspecified atom stereocenters. The van der Waals surface area contributed by atoms with Gasteiger partial charge >= 0.3 is 0 Å². The molecule has 1 rings (SSSR count). The molecule has 0 fully saturated rings. The van der Waals surface area contributed by atoms with Gasteiger partial charge in [-0.2, -0.15) is 0 Å². The zero-order valence-corrected chi connectivity index (χ0v) is 11.0. The third kappa shape index (κ3) is 4.71. The van der Waals surface area contributed by atoms with E-state index in [0.29, 0.717) is 18.5 Å². The minimum Gasteiger partial charge on any atom is -0.352 e. The number of carbonyl (C=O) groups is 1. The summed E-state index contributed by atoms with van der Waals surface area (Å²) < 4.78 is 0. The van der Waals surface area contributed by atoms with Gasteiger partial charge in [0.25, 0.3) is 5.91 Å². The lowest BCUT2D eigenvalue weighted by molar-refractivity contribution is 0.0952. The molecule has 1 aromatic rings. The first-order valence-electron chi connectivity index (χ1n) is 6.33. The van der Waals surface area contributed by atoms with E-state index in [-0.39, 0.29) is 11.5 Å². The second kappa shape index (κ2) is 7.66. The van der Waals surface area contributed by atoms with Crippen LogP contribution < -0.4 is 16.2 Å². The fraction of sp³-hybridized carbons (Fsp3) is 0.538. The van der Waals surface area contributed by atoms with Crippen molar-refractivity contribution in [2.24, 2.45) is 0 Å². The Morgan fingerprint density at radius 2 is 2.00 bits per heavy atom. The number of hydrogen-bond acceptors (Lipinski definition) is 3. The van der Waals surface area contributed by atoms with E-state index in [9.17, 15) is 9.59 Å². The average Bonchev–Trinajstić information content (AvgIpc) is 2.37. The SMILES string of the molecule is CCc1cc(C(=O)NCCCCNC)cc(=O)[nH]1. The number of H-pyrrole nitrogens is 1. The number of hydrogen-bond donors (Lipinski definition) is 3. The van der Waals surface area contributed by atoms with Crippen molar-refractivity contribution in [2.45, 2.75) is 26.2 Å². The largest absolute Gasteiger partial charge is 0.352 e. The maximum atomic E-state index is 11.8. The van der Waals surface area contributed by atoms with Crippen LogP contribution >= 0.6 is 0 Å². The predicted molar refractivity (Wildman–Crippen MR) is 71.9 cm³/mol. The molecule has 0 aliphatic carbocycles. The van der Waals surface area contributed by atoms with Gasteiger partial charge < -0.3 is 15.6 Å². The molecule has 0 saturated carbocycles. The van der Waals surface area contributed by atoms with E-state index in [1.54, 1.807) is 6.07 Å². The molecule has 1 heterocycles. The van der Waals surface area contributed by atoms with Crippen LogP contribution in [0.25, 0.3) is 0 Å². The zero-order valence-electron chi connectivity index (χ0n) is 11.0. The van der Waals surface area contributed by atoms with Crippen molar-refractivity contribution in [3.8, 4) is 0 Å². The van der Waals surface area contributed by atoms with E-state index in [1.165, 1.54) is 6.07 Å². The van der Waals surface area contributed by atoms with Gasteiger partial charge in [-0.1, -0.05) is 6.92 Å². The van der Waals surface area contributed by atoms with E-state index in [0.717, 1.165) is 25.1 Å². The van der Waals surface area contributed by atoms with Crippen molar-refractivity contribution < 1.29 is 4.79 Å². The van der Waals surface area contributed by atoms with Gasteiger partial charge in [0.2, 0.25) is 5.56 Å². The number of rotatable bonds is 7. The summed E-state index contributed by atoms with van der Waals surface area (Å²) in [6, 6.07) is 3.06. The van der Waals surface area contributed by atoms with Crippen LogP contribution in [-0.2, 0) is 6.42 Å². The first kappa shape index (κ1) is 14.4. The van der Waals surface area contributed by atoms with Crippen LogP contribution in [0.5, 0.6) is 0 Å². The first-order chi connectivity index (χ1) is 8.67. The Balaban J connectivity index is 2.51. The first-order valence-corrected chi connectivity index (χ1v) is 6.33. The van der Waals surface area contributed by atoms with Crippen LogP contribution in [0.15, 0.2) is 16.9 Å². The van der Waals surface area contributed by atoms with Crippen molar-refractivity contribution in [2.75, 3.05) is 20.1 Å². The van der Waals surface area contributed by atoms with Gasteiger partial charge in [-0.05, 0) is 38.9 Å². The van der Waals surface area contributed by atoms with E-state index < -0.39 is 0 Å². The van der Waals surface area contributed by atoms with Crippen molar-refractivity contribution >= 4 is 5.91 Å². The standard InChI is InChI=1S/C13H21N3O2/c1-3-11-8-10(9-12(17)16-11)13(18)15-7-5-4-6-14-2/h8-9,14H,3-7H2,1-2H3,(H,15,18)(H,16,17). The Morgan fingerprint density at radius 3 is 2.67 bits per heavy atom. The van der Waals surface area contributed by atoms with Crippen LogP contribution in [-0.4, -0.2) is 31.0 Å². The average molecular weight is 251 g/mol. The molecule has 0 radical (unpaired) electrons. The molecule has 0 atom stereocenters. The van der Waals surface area contributed by atoms with Crippen molar-refractivity contribution in [3.05, 3.63) is 33.7 Å². The summed E-state index contributed by atoms with van der Waals surface area (Å²) in [4.78, 5) is 25.9. The summed E-state index contributed by atoms with van der Waals surface area (Å²) in [7, 11) is 1.90. The zero-order chi connectivity index (χ0) is 13.4. The van der Waals surface area contributed by atoms with Crippen molar-refractivity contribution in [3.63, 3.8) is 0 Å². The van der Waals surface area contributed by atoms with Crippen LogP contribution in [0.3, 0.4) is 0 Å². The number of aromatic amines is 1. The number of aromatic nitrogens is 1. The minimum atomic E-state index is -0.227. The molecule has 0 bridgehead atoms. The molecule has 0 saturated heterocycles. The van der Waals surface area contributed by atoms with Crippen LogP contribution in [0, 0.1) is 0 Å². The lowest BCUT2D eigenvalue weighted by Crippen LogP contribution is -2.26. The van der Waals surface area contributed by atoms with E-state index in [1.807, 2.05) is 14.0 Å². The van der Waals surface area contributed by atoms with Gasteiger partial charge in [0, 0.05) is 23.9 Å². The Labute approximate surface area is 107 Å². The van der Waals surface area contributed by atoms with Gasteiger partial charge in [-0.3, -0.25) is 9.59 Å². The number of unbranched alkanes of at least 4 members (excludes halogenated alkanes) is 1. The molecule has 0 aliphatic heterocycles. The maximum Gasteiger partial charge on any atom is 0.251 e. The van der Waals surface area contributed by atoms with E-state index >= 15 is 0 Å². The van der Waals surface area contributed by atoms with Crippen LogP contribution in [0.2, 0.25) is 0 Å². The number of amides is 1. The quantitative estimate of drug-likeness (QED) is 0.623. The second-order valence-electron chi connectivity index (χ2n) is 4.18. The molecule has 5 nitrogen and oxygen atoms in total. The molecular weight excluding hydrogens is 230 g/mol.